The first-order valence-corrected chi connectivity index (χ1v) is 9.08. The van der Waals surface area contributed by atoms with Gasteiger partial charge in [0.05, 0.1) is 38.5 Å². The van der Waals surface area contributed by atoms with E-state index in [9.17, 15) is 0 Å². The van der Waals surface area contributed by atoms with Crippen molar-refractivity contribution in [3.05, 3.63) is 0 Å². The molecule has 4 bridgehead atoms. The highest BCUT2D eigenvalue weighted by molar-refractivity contribution is 5.01. The molecule has 0 amide bonds. The molecular weight excluding hydrogens is 296 g/mol. The van der Waals surface area contributed by atoms with Crippen LogP contribution in [0.2, 0.25) is 0 Å². The first-order chi connectivity index (χ1) is 11.4. The van der Waals surface area contributed by atoms with Crippen LogP contribution in [0.15, 0.2) is 0 Å². The molecule has 6 atom stereocenters. The minimum Gasteiger partial charge on any atom is -0.379 e. The molecule has 0 aromatic heterocycles. The summed E-state index contributed by atoms with van der Waals surface area (Å²) < 4.78 is 11.8. The molecule has 23 heavy (non-hydrogen) atoms. The molecule has 132 valence electrons. The number of hydrazine groups is 3. The Morgan fingerprint density at radius 1 is 0.957 bits per heavy atom. The van der Waals surface area contributed by atoms with E-state index < -0.39 is 0 Å². The summed E-state index contributed by atoms with van der Waals surface area (Å²) in [5.74, 6) is 0.630. The van der Waals surface area contributed by atoms with Crippen molar-refractivity contribution in [3.63, 3.8) is 0 Å². The van der Waals surface area contributed by atoms with E-state index in [0.717, 1.165) is 58.8 Å². The van der Waals surface area contributed by atoms with Gasteiger partial charge in [0, 0.05) is 31.7 Å². The molecule has 1 saturated carbocycles. The van der Waals surface area contributed by atoms with Crippen LogP contribution >= 0.6 is 0 Å². The van der Waals surface area contributed by atoms with Gasteiger partial charge in [0.2, 0.25) is 0 Å². The molecule has 4 fully saturated rings. The van der Waals surface area contributed by atoms with Crippen LogP contribution in [0.4, 0.5) is 0 Å². The molecule has 0 aromatic rings. The molecular formula is C15H30N6O2. The van der Waals surface area contributed by atoms with Crippen LogP contribution in [0, 0.1) is 5.92 Å². The summed E-state index contributed by atoms with van der Waals surface area (Å²) in [6.45, 7) is 5.88. The average Bonchev–Trinajstić information content (AvgIpc) is 3.18. The third-order valence-electron chi connectivity index (χ3n) is 5.52. The van der Waals surface area contributed by atoms with Gasteiger partial charge in [-0.2, -0.15) is 5.12 Å². The molecule has 6 unspecified atom stereocenters. The molecule has 0 aromatic carbocycles. The number of hydrogen-bond donors (Lipinski definition) is 5. The zero-order chi connectivity index (χ0) is 15.5. The fraction of sp³-hybridized carbons (Fsp3) is 1.00. The summed E-state index contributed by atoms with van der Waals surface area (Å²) in [5, 5.41) is 5.46. The summed E-state index contributed by atoms with van der Waals surface area (Å²) in [5.41, 5.74) is 14.1. The van der Waals surface area contributed by atoms with Gasteiger partial charge in [-0.15, -0.1) is 0 Å². The number of hydrogen-bond acceptors (Lipinski definition) is 8. The maximum atomic E-state index is 6.11. The van der Waals surface area contributed by atoms with E-state index in [4.69, 9.17) is 9.47 Å². The second kappa shape index (κ2) is 7.71. The second-order valence-electron chi connectivity index (χ2n) is 7.00. The molecule has 3 saturated heterocycles. The van der Waals surface area contributed by atoms with E-state index in [2.05, 4.69) is 32.1 Å². The number of nitrogens with one attached hydrogen (secondary N) is 5. The second-order valence-corrected chi connectivity index (χ2v) is 7.00. The van der Waals surface area contributed by atoms with Crippen LogP contribution in [0.1, 0.15) is 19.3 Å². The van der Waals surface area contributed by atoms with Crippen molar-refractivity contribution >= 4 is 0 Å². The molecule has 0 spiro atoms. The molecule has 4 aliphatic rings. The molecule has 5 N–H and O–H groups in total. The maximum Gasteiger partial charge on any atom is 0.0622 e. The van der Waals surface area contributed by atoms with E-state index in [0.29, 0.717) is 30.1 Å². The predicted octanol–water partition coefficient (Wildman–Crippen LogP) is -1.67. The third-order valence-corrected chi connectivity index (χ3v) is 5.52. The highest BCUT2D eigenvalue weighted by Crippen LogP contribution is 2.33. The van der Waals surface area contributed by atoms with Crippen molar-refractivity contribution in [1.82, 2.24) is 32.1 Å². The van der Waals surface area contributed by atoms with Gasteiger partial charge in [-0.3, -0.25) is 10.9 Å². The van der Waals surface area contributed by atoms with Gasteiger partial charge in [0.25, 0.3) is 0 Å². The lowest BCUT2D eigenvalue weighted by Gasteiger charge is -2.34. The number of nitrogens with zero attached hydrogens (tertiary/aromatic N) is 1. The van der Waals surface area contributed by atoms with Crippen LogP contribution in [0.3, 0.4) is 0 Å². The van der Waals surface area contributed by atoms with Crippen molar-refractivity contribution < 1.29 is 9.47 Å². The van der Waals surface area contributed by atoms with Crippen molar-refractivity contribution in [1.29, 1.82) is 0 Å². The largest absolute Gasteiger partial charge is 0.379 e. The van der Waals surface area contributed by atoms with Gasteiger partial charge in [0.15, 0.2) is 0 Å². The fourth-order valence-corrected chi connectivity index (χ4v) is 4.28. The SMILES string of the molecule is C1COCCN2NCC(N2)C2NNC3CCC(CC32)OCCN1. The monoisotopic (exact) mass is 326 g/mol. The van der Waals surface area contributed by atoms with E-state index in [1.807, 2.05) is 0 Å². The van der Waals surface area contributed by atoms with Crippen molar-refractivity contribution in [2.24, 2.45) is 5.92 Å². The minimum atomic E-state index is 0.400. The highest BCUT2D eigenvalue weighted by Gasteiger charge is 2.45. The molecule has 1 aliphatic carbocycles. The highest BCUT2D eigenvalue weighted by atomic mass is 16.5. The Morgan fingerprint density at radius 3 is 2.91 bits per heavy atom. The van der Waals surface area contributed by atoms with Gasteiger partial charge in [-0.1, -0.05) is 0 Å². The standard InChI is InChI=1S/C15H30N6O2/c1-2-13-12-9-11(1)23-7-4-16-3-6-22-8-5-21-17-10-14(20-21)15(12)19-18-13/h11-20H,1-10H2. The lowest BCUT2D eigenvalue weighted by molar-refractivity contribution is 0.00610. The summed E-state index contributed by atoms with van der Waals surface area (Å²) in [4.78, 5) is 0. The normalized spacial score (nSPS) is 45.9. The van der Waals surface area contributed by atoms with E-state index in [1.54, 1.807) is 0 Å². The Kier molecular flexibility index (Phi) is 5.42. The summed E-state index contributed by atoms with van der Waals surface area (Å²) >= 11 is 0. The molecule has 4 rings (SSSR count). The van der Waals surface area contributed by atoms with Gasteiger partial charge in [0.1, 0.15) is 0 Å². The topological polar surface area (TPSA) is 81.9 Å². The number of rotatable bonds is 0. The Morgan fingerprint density at radius 2 is 1.91 bits per heavy atom. The number of ether oxygens (including phenoxy) is 2. The zero-order valence-corrected chi connectivity index (χ0v) is 13.7. The van der Waals surface area contributed by atoms with Crippen molar-refractivity contribution in [2.75, 3.05) is 46.0 Å². The van der Waals surface area contributed by atoms with Gasteiger partial charge < -0.3 is 14.8 Å². The van der Waals surface area contributed by atoms with E-state index >= 15 is 0 Å². The van der Waals surface area contributed by atoms with Crippen molar-refractivity contribution in [2.45, 2.75) is 43.5 Å². The smallest absolute Gasteiger partial charge is 0.0622 e. The zero-order valence-electron chi connectivity index (χ0n) is 13.7. The predicted molar refractivity (Wildman–Crippen MR) is 86.2 cm³/mol. The summed E-state index contributed by atoms with van der Waals surface area (Å²) in [6.07, 6.45) is 3.91. The summed E-state index contributed by atoms with van der Waals surface area (Å²) in [6, 6.07) is 1.43. The lowest BCUT2D eigenvalue weighted by atomic mass is 9.78. The average molecular weight is 326 g/mol. The Hall–Kier alpha value is -0.320. The Bertz CT molecular complexity index is 387. The Balaban J connectivity index is 1.40. The van der Waals surface area contributed by atoms with Gasteiger partial charge >= 0.3 is 0 Å². The van der Waals surface area contributed by atoms with Crippen LogP contribution in [-0.4, -0.2) is 75.3 Å². The lowest BCUT2D eigenvalue weighted by Crippen LogP contribution is -2.51. The molecule has 3 heterocycles. The first-order valence-electron chi connectivity index (χ1n) is 9.08. The molecule has 0 radical (unpaired) electrons. The molecule has 8 heteroatoms. The quantitative estimate of drug-likeness (QED) is 0.362. The fourth-order valence-electron chi connectivity index (χ4n) is 4.28. The van der Waals surface area contributed by atoms with Gasteiger partial charge in [-0.05, 0) is 25.2 Å². The van der Waals surface area contributed by atoms with Crippen molar-refractivity contribution in [3.8, 4) is 0 Å². The third kappa shape index (κ3) is 3.85. The number of fused-ring (bicyclic) bond motifs is 4. The van der Waals surface area contributed by atoms with Crippen LogP contribution in [-0.2, 0) is 9.47 Å². The minimum absolute atomic E-state index is 0.400. The van der Waals surface area contributed by atoms with E-state index in [-0.39, 0.29) is 0 Å². The first kappa shape index (κ1) is 16.2. The van der Waals surface area contributed by atoms with E-state index in [1.165, 1.54) is 6.42 Å². The van der Waals surface area contributed by atoms with Crippen LogP contribution in [0.25, 0.3) is 0 Å². The van der Waals surface area contributed by atoms with Crippen LogP contribution in [0.5, 0.6) is 0 Å². The Labute approximate surface area is 137 Å². The van der Waals surface area contributed by atoms with Crippen LogP contribution < -0.4 is 27.0 Å². The van der Waals surface area contributed by atoms with Gasteiger partial charge in [-0.25, -0.2) is 10.9 Å². The summed E-state index contributed by atoms with van der Waals surface area (Å²) in [7, 11) is 0. The molecule has 8 nitrogen and oxygen atoms in total. The molecule has 3 aliphatic heterocycles. The maximum absolute atomic E-state index is 6.11.